The zero-order chi connectivity index (χ0) is 14.6. The number of sulfonamides is 1. The van der Waals surface area contributed by atoms with Crippen LogP contribution in [0, 0.1) is 6.92 Å². The Bertz CT molecular complexity index is 699. The zero-order valence-corrected chi connectivity index (χ0v) is 12.7. The van der Waals surface area contributed by atoms with Crippen molar-refractivity contribution in [3.8, 4) is 0 Å². The molecule has 5 heteroatoms. The van der Waals surface area contributed by atoms with Crippen molar-refractivity contribution in [1.29, 1.82) is 0 Å². The van der Waals surface area contributed by atoms with Crippen LogP contribution in [0.25, 0.3) is 0 Å². The third kappa shape index (κ3) is 3.82. The molecule has 2 aromatic rings. The van der Waals surface area contributed by atoms with Gasteiger partial charge in [0.15, 0.2) is 0 Å². The zero-order valence-electron chi connectivity index (χ0n) is 11.1. The van der Waals surface area contributed by atoms with Gasteiger partial charge in [-0.1, -0.05) is 41.9 Å². The highest BCUT2D eigenvalue weighted by molar-refractivity contribution is 7.89. The van der Waals surface area contributed by atoms with E-state index in [0.29, 0.717) is 18.0 Å². The smallest absolute Gasteiger partial charge is 0.211 e. The molecule has 0 saturated carbocycles. The van der Waals surface area contributed by atoms with E-state index in [2.05, 4.69) is 4.72 Å². The van der Waals surface area contributed by atoms with Gasteiger partial charge in [-0.2, -0.15) is 0 Å². The second-order valence-electron chi connectivity index (χ2n) is 4.53. The first kappa shape index (κ1) is 15.0. The van der Waals surface area contributed by atoms with Crippen molar-refractivity contribution in [2.45, 2.75) is 18.2 Å². The van der Waals surface area contributed by atoms with Crippen molar-refractivity contribution in [3.05, 3.63) is 64.7 Å². The van der Waals surface area contributed by atoms with Gasteiger partial charge < -0.3 is 0 Å². The molecule has 0 fully saturated rings. The van der Waals surface area contributed by atoms with Crippen LogP contribution in [0.3, 0.4) is 0 Å². The quantitative estimate of drug-likeness (QED) is 0.922. The average molecular weight is 310 g/mol. The molecule has 2 aromatic carbocycles. The van der Waals surface area contributed by atoms with Crippen LogP contribution in [0.15, 0.2) is 53.4 Å². The van der Waals surface area contributed by atoms with Gasteiger partial charge in [0.05, 0.1) is 4.90 Å². The number of hydrogen-bond donors (Lipinski definition) is 1. The SMILES string of the molecule is Cc1ccccc1CCNS(=O)(=O)c1cccc(Cl)c1. The number of halogens is 1. The summed E-state index contributed by atoms with van der Waals surface area (Å²) in [5.41, 5.74) is 2.30. The number of hydrogen-bond acceptors (Lipinski definition) is 2. The molecule has 0 radical (unpaired) electrons. The van der Waals surface area contributed by atoms with E-state index in [4.69, 9.17) is 11.6 Å². The van der Waals surface area contributed by atoms with Crippen LogP contribution < -0.4 is 4.72 Å². The molecule has 0 aliphatic carbocycles. The Kier molecular flexibility index (Phi) is 4.81. The molecule has 0 saturated heterocycles. The topological polar surface area (TPSA) is 46.2 Å². The largest absolute Gasteiger partial charge is 0.240 e. The summed E-state index contributed by atoms with van der Waals surface area (Å²) in [6, 6.07) is 14.2. The first-order chi connectivity index (χ1) is 9.49. The molecule has 0 unspecified atom stereocenters. The van der Waals surface area contributed by atoms with Crippen LogP contribution in [0.5, 0.6) is 0 Å². The van der Waals surface area contributed by atoms with Gasteiger partial charge in [0.1, 0.15) is 0 Å². The molecule has 0 amide bonds. The van der Waals surface area contributed by atoms with Gasteiger partial charge in [-0.05, 0) is 42.7 Å². The Hall–Kier alpha value is -1.36. The van der Waals surface area contributed by atoms with Crippen LogP contribution >= 0.6 is 11.6 Å². The summed E-state index contributed by atoms with van der Waals surface area (Å²) in [6.45, 7) is 2.38. The summed E-state index contributed by atoms with van der Waals surface area (Å²) in [5.74, 6) is 0. The molecule has 0 aliphatic heterocycles. The molecule has 0 spiro atoms. The third-order valence-electron chi connectivity index (χ3n) is 3.05. The monoisotopic (exact) mass is 309 g/mol. The fourth-order valence-electron chi connectivity index (χ4n) is 1.93. The Morgan fingerprint density at radius 1 is 1.10 bits per heavy atom. The maximum atomic E-state index is 12.1. The Balaban J connectivity index is 2.02. The van der Waals surface area contributed by atoms with E-state index < -0.39 is 10.0 Å². The molecule has 1 N–H and O–H groups in total. The van der Waals surface area contributed by atoms with E-state index >= 15 is 0 Å². The van der Waals surface area contributed by atoms with Crippen LogP contribution in [-0.2, 0) is 16.4 Å². The molecule has 106 valence electrons. The predicted molar refractivity (Wildman–Crippen MR) is 81.5 cm³/mol. The molecule has 0 aliphatic rings. The highest BCUT2D eigenvalue weighted by atomic mass is 35.5. The van der Waals surface area contributed by atoms with E-state index in [1.165, 1.54) is 12.1 Å². The van der Waals surface area contributed by atoms with Crippen molar-refractivity contribution < 1.29 is 8.42 Å². The molecule has 2 rings (SSSR count). The average Bonchev–Trinajstić information content (AvgIpc) is 2.41. The van der Waals surface area contributed by atoms with Gasteiger partial charge in [-0.3, -0.25) is 0 Å². The number of nitrogens with one attached hydrogen (secondary N) is 1. The number of rotatable bonds is 5. The lowest BCUT2D eigenvalue weighted by Gasteiger charge is -2.08. The molecule has 0 heterocycles. The van der Waals surface area contributed by atoms with E-state index in [-0.39, 0.29) is 4.90 Å². The van der Waals surface area contributed by atoms with Gasteiger partial charge >= 0.3 is 0 Å². The van der Waals surface area contributed by atoms with E-state index in [1.54, 1.807) is 12.1 Å². The molecule has 0 bridgehead atoms. The van der Waals surface area contributed by atoms with Crippen LogP contribution in [-0.4, -0.2) is 15.0 Å². The van der Waals surface area contributed by atoms with E-state index in [9.17, 15) is 8.42 Å². The minimum absolute atomic E-state index is 0.190. The van der Waals surface area contributed by atoms with Crippen molar-refractivity contribution in [1.82, 2.24) is 4.72 Å². The third-order valence-corrected chi connectivity index (χ3v) is 4.75. The van der Waals surface area contributed by atoms with Gasteiger partial charge in [0.2, 0.25) is 10.0 Å². The lowest BCUT2D eigenvalue weighted by Crippen LogP contribution is -2.26. The van der Waals surface area contributed by atoms with Crippen LogP contribution in [0.2, 0.25) is 5.02 Å². The maximum Gasteiger partial charge on any atom is 0.240 e. The highest BCUT2D eigenvalue weighted by Crippen LogP contribution is 2.15. The fraction of sp³-hybridized carbons (Fsp3) is 0.200. The second-order valence-corrected chi connectivity index (χ2v) is 6.74. The van der Waals surface area contributed by atoms with Crippen LogP contribution in [0.4, 0.5) is 0 Å². The lowest BCUT2D eigenvalue weighted by molar-refractivity contribution is 0.581. The van der Waals surface area contributed by atoms with E-state index in [0.717, 1.165) is 11.1 Å². The molecule has 3 nitrogen and oxygen atoms in total. The maximum absolute atomic E-state index is 12.1. The Labute approximate surface area is 124 Å². The minimum Gasteiger partial charge on any atom is -0.211 e. The highest BCUT2D eigenvalue weighted by Gasteiger charge is 2.13. The molecule has 0 aromatic heterocycles. The van der Waals surface area contributed by atoms with Gasteiger partial charge in [0.25, 0.3) is 0 Å². The summed E-state index contributed by atoms with van der Waals surface area (Å²) in [6.07, 6.45) is 0.659. The van der Waals surface area contributed by atoms with Gasteiger partial charge in [-0.25, -0.2) is 13.1 Å². The van der Waals surface area contributed by atoms with Crippen molar-refractivity contribution in [2.75, 3.05) is 6.54 Å². The molecule has 20 heavy (non-hydrogen) atoms. The van der Waals surface area contributed by atoms with Crippen LogP contribution in [0.1, 0.15) is 11.1 Å². The molecular formula is C15H16ClNO2S. The normalized spacial score (nSPS) is 11.5. The summed E-state index contributed by atoms with van der Waals surface area (Å²) in [4.78, 5) is 0.190. The second kappa shape index (κ2) is 6.39. The first-order valence-corrected chi connectivity index (χ1v) is 8.15. The summed E-state index contributed by atoms with van der Waals surface area (Å²) < 4.78 is 26.8. The van der Waals surface area contributed by atoms with E-state index in [1.807, 2.05) is 31.2 Å². The number of aryl methyl sites for hydroxylation is 1. The number of benzene rings is 2. The van der Waals surface area contributed by atoms with Gasteiger partial charge in [0, 0.05) is 11.6 Å². The van der Waals surface area contributed by atoms with Gasteiger partial charge in [-0.15, -0.1) is 0 Å². The predicted octanol–water partition coefficient (Wildman–Crippen LogP) is 3.17. The Morgan fingerprint density at radius 3 is 2.55 bits per heavy atom. The first-order valence-electron chi connectivity index (χ1n) is 6.29. The van der Waals surface area contributed by atoms with Crippen molar-refractivity contribution in [3.63, 3.8) is 0 Å². The summed E-state index contributed by atoms with van der Waals surface area (Å²) in [5, 5.41) is 0.409. The molecule has 0 atom stereocenters. The minimum atomic E-state index is -3.50. The fourth-order valence-corrected chi connectivity index (χ4v) is 3.26. The standard InChI is InChI=1S/C15H16ClNO2S/c1-12-5-2-3-6-13(12)9-10-17-20(18,19)15-8-4-7-14(16)11-15/h2-8,11,17H,9-10H2,1H3. The van der Waals surface area contributed by atoms with Crippen molar-refractivity contribution in [2.24, 2.45) is 0 Å². The summed E-state index contributed by atoms with van der Waals surface area (Å²) in [7, 11) is -3.50. The molecular weight excluding hydrogens is 294 g/mol. The summed E-state index contributed by atoms with van der Waals surface area (Å²) >= 11 is 5.81. The van der Waals surface area contributed by atoms with Crippen molar-refractivity contribution >= 4 is 21.6 Å². The lowest BCUT2D eigenvalue weighted by atomic mass is 10.1. The Morgan fingerprint density at radius 2 is 1.85 bits per heavy atom.